The Kier molecular flexibility index (Phi) is 4.21. The summed E-state index contributed by atoms with van der Waals surface area (Å²) < 4.78 is 36.2. The van der Waals surface area contributed by atoms with Gasteiger partial charge in [-0.1, -0.05) is 19.9 Å². The first-order chi connectivity index (χ1) is 13.2. The van der Waals surface area contributed by atoms with E-state index in [0.29, 0.717) is 16.9 Å². The van der Waals surface area contributed by atoms with Gasteiger partial charge in [-0.05, 0) is 43.4 Å². The van der Waals surface area contributed by atoms with Crippen molar-refractivity contribution in [2.75, 3.05) is 0 Å². The molecule has 3 heterocycles. The number of nitrogens with zero attached hydrogens (tertiary/aromatic N) is 2. The molecular formula is C23H23F2N2O+. The number of hydrogen-bond donors (Lipinski definition) is 0. The molecule has 0 fully saturated rings. The van der Waals surface area contributed by atoms with Crippen molar-refractivity contribution in [3.05, 3.63) is 58.4 Å². The van der Waals surface area contributed by atoms with Gasteiger partial charge in [0.2, 0.25) is 17.4 Å². The lowest BCUT2D eigenvalue weighted by Gasteiger charge is -2.12. The van der Waals surface area contributed by atoms with Crippen LogP contribution in [0.2, 0.25) is 0 Å². The molecule has 0 aliphatic carbocycles. The molecule has 0 atom stereocenters. The third kappa shape index (κ3) is 2.68. The average Bonchev–Trinajstić information content (AvgIpc) is 2.96. The lowest BCUT2D eigenvalue weighted by Crippen LogP contribution is -2.32. The topological polar surface area (TPSA) is 29.9 Å². The Labute approximate surface area is 162 Å². The third-order valence-corrected chi connectivity index (χ3v) is 5.43. The molecule has 5 heteroatoms. The maximum absolute atomic E-state index is 14.6. The summed E-state index contributed by atoms with van der Waals surface area (Å²) in [5.74, 6) is -1.13. The summed E-state index contributed by atoms with van der Waals surface area (Å²) in [6.45, 7) is 10.3. The zero-order chi connectivity index (χ0) is 20.3. The number of rotatable bonds is 2. The van der Waals surface area contributed by atoms with Crippen LogP contribution in [0.5, 0.6) is 0 Å². The summed E-state index contributed by atoms with van der Waals surface area (Å²) in [7, 11) is 1.99. The first-order valence-corrected chi connectivity index (χ1v) is 9.38. The van der Waals surface area contributed by atoms with E-state index in [1.165, 1.54) is 11.1 Å². The lowest BCUT2D eigenvalue weighted by atomic mass is 9.94. The molecule has 0 aliphatic heterocycles. The molecule has 0 bridgehead atoms. The predicted octanol–water partition coefficient (Wildman–Crippen LogP) is 5.80. The molecule has 144 valence electrons. The van der Waals surface area contributed by atoms with E-state index in [2.05, 4.69) is 42.6 Å². The highest BCUT2D eigenvalue weighted by atomic mass is 19.1. The quantitative estimate of drug-likeness (QED) is 0.324. The van der Waals surface area contributed by atoms with Crippen LogP contribution in [0.4, 0.5) is 8.78 Å². The van der Waals surface area contributed by atoms with E-state index in [9.17, 15) is 8.78 Å². The Bertz CT molecular complexity index is 1260. The van der Waals surface area contributed by atoms with Gasteiger partial charge in [0, 0.05) is 23.1 Å². The lowest BCUT2D eigenvalue weighted by molar-refractivity contribution is -0.660. The number of furan rings is 1. The number of aromatic nitrogens is 2. The standard InChI is InChI=1S/C23H23F2N2O/c1-11(2)15-10-27(6)17(8-12(15)3)19-13(4)7-14(5)20-21-16(24)9-18(25)26-23(21)28-22(19)20/h7-11H,1-6H3/q+1. The number of benzene rings is 1. The average molecular weight is 381 g/mol. The predicted molar refractivity (Wildman–Crippen MR) is 106 cm³/mol. The zero-order valence-corrected chi connectivity index (χ0v) is 16.9. The summed E-state index contributed by atoms with van der Waals surface area (Å²) in [5, 5.41) is 0.875. The van der Waals surface area contributed by atoms with Crippen molar-refractivity contribution >= 4 is 22.1 Å². The second-order valence-corrected chi connectivity index (χ2v) is 7.86. The van der Waals surface area contributed by atoms with Gasteiger partial charge in [-0.2, -0.15) is 9.37 Å². The van der Waals surface area contributed by atoms with E-state index in [4.69, 9.17) is 4.42 Å². The van der Waals surface area contributed by atoms with Crippen molar-refractivity contribution in [1.82, 2.24) is 4.98 Å². The molecule has 0 radical (unpaired) electrons. The fourth-order valence-electron chi connectivity index (χ4n) is 4.17. The number of hydrogen-bond acceptors (Lipinski definition) is 2. The van der Waals surface area contributed by atoms with Crippen molar-refractivity contribution in [2.45, 2.75) is 40.5 Å². The van der Waals surface area contributed by atoms with Gasteiger partial charge in [0.15, 0.2) is 11.8 Å². The molecule has 0 saturated carbocycles. The van der Waals surface area contributed by atoms with E-state index in [1.807, 2.05) is 27.0 Å². The van der Waals surface area contributed by atoms with Crippen LogP contribution in [0.25, 0.3) is 33.3 Å². The number of pyridine rings is 2. The van der Waals surface area contributed by atoms with Crippen LogP contribution < -0.4 is 4.57 Å². The number of fused-ring (bicyclic) bond motifs is 3. The molecule has 0 unspecified atom stereocenters. The molecule has 0 spiro atoms. The first-order valence-electron chi connectivity index (χ1n) is 9.38. The first kappa shape index (κ1) is 18.5. The molecule has 3 aromatic heterocycles. The maximum atomic E-state index is 14.6. The van der Waals surface area contributed by atoms with E-state index in [1.54, 1.807) is 0 Å². The molecule has 3 nitrogen and oxygen atoms in total. The number of aryl methyl sites for hydroxylation is 4. The van der Waals surface area contributed by atoms with Gasteiger partial charge >= 0.3 is 0 Å². The highest BCUT2D eigenvalue weighted by Crippen LogP contribution is 2.39. The summed E-state index contributed by atoms with van der Waals surface area (Å²) >= 11 is 0. The van der Waals surface area contributed by atoms with Gasteiger partial charge in [-0.15, -0.1) is 0 Å². The molecule has 0 amide bonds. The Morgan fingerprint density at radius 1 is 0.964 bits per heavy atom. The second kappa shape index (κ2) is 6.36. The van der Waals surface area contributed by atoms with Crippen LogP contribution >= 0.6 is 0 Å². The van der Waals surface area contributed by atoms with Crippen LogP contribution in [-0.4, -0.2) is 4.98 Å². The fourth-order valence-corrected chi connectivity index (χ4v) is 4.17. The summed E-state index contributed by atoms with van der Waals surface area (Å²) in [5.41, 5.74) is 6.70. The minimum atomic E-state index is -0.886. The molecule has 4 aromatic rings. The molecule has 0 saturated heterocycles. The maximum Gasteiger partial charge on any atom is 0.232 e. The zero-order valence-electron chi connectivity index (χ0n) is 16.9. The van der Waals surface area contributed by atoms with Crippen molar-refractivity contribution in [2.24, 2.45) is 7.05 Å². The van der Waals surface area contributed by atoms with Crippen molar-refractivity contribution in [3.8, 4) is 11.3 Å². The highest BCUT2D eigenvalue weighted by molar-refractivity contribution is 6.10. The van der Waals surface area contributed by atoms with Gasteiger partial charge in [0.25, 0.3) is 0 Å². The molecular weight excluding hydrogens is 358 g/mol. The Balaban J connectivity index is 2.14. The fraction of sp³-hybridized carbons (Fsp3) is 0.304. The molecule has 1 aromatic carbocycles. The Hall–Kier alpha value is -2.82. The number of halogens is 2. The highest BCUT2D eigenvalue weighted by Gasteiger charge is 2.25. The Morgan fingerprint density at radius 3 is 2.36 bits per heavy atom. The van der Waals surface area contributed by atoms with Gasteiger partial charge in [-0.25, -0.2) is 8.96 Å². The van der Waals surface area contributed by atoms with Crippen LogP contribution in [-0.2, 0) is 7.05 Å². The minimum absolute atomic E-state index is 0.0133. The smallest absolute Gasteiger partial charge is 0.232 e. The van der Waals surface area contributed by atoms with Crippen molar-refractivity contribution < 1.29 is 17.8 Å². The molecule has 0 aliphatic rings. The summed E-state index contributed by atoms with van der Waals surface area (Å²) in [4.78, 5) is 3.78. The van der Waals surface area contributed by atoms with Crippen LogP contribution in [0, 0.1) is 32.5 Å². The molecule has 4 rings (SSSR count). The van der Waals surface area contributed by atoms with Crippen molar-refractivity contribution in [3.63, 3.8) is 0 Å². The van der Waals surface area contributed by atoms with Crippen molar-refractivity contribution in [1.29, 1.82) is 0 Å². The second-order valence-electron chi connectivity index (χ2n) is 7.86. The summed E-state index contributed by atoms with van der Waals surface area (Å²) in [6.07, 6.45) is 2.13. The van der Waals surface area contributed by atoms with E-state index in [0.717, 1.165) is 28.5 Å². The SMILES string of the molecule is Cc1cc(-c2c(C)cc(C)c3c2oc2nc(F)cc(F)c23)[n+](C)cc1C(C)C. The van der Waals surface area contributed by atoms with E-state index >= 15 is 0 Å². The van der Waals surface area contributed by atoms with Crippen LogP contribution in [0.3, 0.4) is 0 Å². The minimum Gasteiger partial charge on any atom is -0.437 e. The summed E-state index contributed by atoms with van der Waals surface area (Å²) in [6, 6.07) is 4.95. The van der Waals surface area contributed by atoms with Gasteiger partial charge in [0.1, 0.15) is 12.9 Å². The van der Waals surface area contributed by atoms with Gasteiger partial charge in [0.05, 0.1) is 10.9 Å². The normalized spacial score (nSPS) is 11.9. The monoisotopic (exact) mass is 381 g/mol. The van der Waals surface area contributed by atoms with Gasteiger partial charge in [-0.3, -0.25) is 0 Å². The molecule has 28 heavy (non-hydrogen) atoms. The van der Waals surface area contributed by atoms with Crippen LogP contribution in [0.15, 0.2) is 28.8 Å². The Morgan fingerprint density at radius 2 is 1.68 bits per heavy atom. The van der Waals surface area contributed by atoms with Crippen LogP contribution in [0.1, 0.15) is 42.0 Å². The molecule has 0 N–H and O–H groups in total. The van der Waals surface area contributed by atoms with Gasteiger partial charge < -0.3 is 4.42 Å². The van der Waals surface area contributed by atoms with E-state index in [-0.39, 0.29) is 11.1 Å². The third-order valence-electron chi connectivity index (χ3n) is 5.43. The largest absolute Gasteiger partial charge is 0.437 e. The van der Waals surface area contributed by atoms with E-state index < -0.39 is 11.8 Å².